The zero-order chi connectivity index (χ0) is 31.4. The molecule has 0 saturated heterocycles. The van der Waals surface area contributed by atoms with E-state index in [1.54, 1.807) is 66.7 Å². The topological polar surface area (TPSA) is 197 Å². The van der Waals surface area contributed by atoms with Crippen LogP contribution in [0.4, 0.5) is 5.69 Å². The average Bonchev–Trinajstić information content (AvgIpc) is 2.99. The number of carbonyl (C=O) groups excluding carboxylic acids is 5. The van der Waals surface area contributed by atoms with Gasteiger partial charge in [0, 0.05) is 12.1 Å². The molecule has 3 aromatic carbocycles. The summed E-state index contributed by atoms with van der Waals surface area (Å²) in [4.78, 5) is 64.7. The van der Waals surface area contributed by atoms with E-state index in [0.717, 1.165) is 11.1 Å². The summed E-state index contributed by atoms with van der Waals surface area (Å²) in [6.45, 7) is 0.576. The van der Waals surface area contributed by atoms with Crippen LogP contribution in [-0.2, 0) is 36.8 Å². The number of primary amides is 1. The summed E-state index contributed by atoms with van der Waals surface area (Å²) in [6, 6.07) is 20.7. The minimum Gasteiger partial charge on any atom is -0.508 e. The second kappa shape index (κ2) is 15.7. The largest absolute Gasteiger partial charge is 0.508 e. The Morgan fingerprint density at radius 2 is 1.37 bits per heavy atom. The Labute approximate surface area is 249 Å². The van der Waals surface area contributed by atoms with Gasteiger partial charge in [-0.25, -0.2) is 0 Å². The minimum atomic E-state index is -1.08. The quantitative estimate of drug-likeness (QED) is 0.154. The molecule has 0 spiro atoms. The molecule has 0 aliphatic rings. The summed E-state index contributed by atoms with van der Waals surface area (Å²) in [7, 11) is 0. The highest BCUT2D eigenvalue weighted by atomic mass is 16.3. The maximum atomic E-state index is 13.6. The molecule has 0 radical (unpaired) electrons. The van der Waals surface area contributed by atoms with Crippen LogP contribution in [0.5, 0.6) is 5.75 Å². The normalized spacial score (nSPS) is 12.7. The lowest BCUT2D eigenvalue weighted by atomic mass is 10.0. The molecule has 8 N–H and O–H groups in total. The van der Waals surface area contributed by atoms with E-state index >= 15 is 0 Å². The minimum absolute atomic E-state index is 0.0889. The first-order valence-electron chi connectivity index (χ1n) is 13.6. The fourth-order valence-electron chi connectivity index (χ4n) is 4.23. The standard InChI is InChI=1S/C31H36N6O6/c1-20(35-30(42)25(32)16-22-12-14-24(38)15-13-22)29(41)34-18-28(40)36-26(17-21-8-4-2-5-9-21)31(43)37(19-27(33)39)23-10-6-3-7-11-23/h2-15,20,25-26,38H,16-19,32H2,1H3,(H2,33,39)(H,34,41)(H,35,42)(H,36,40)/t20-,25+,26+/m1/s1. The van der Waals surface area contributed by atoms with Gasteiger partial charge in [0.05, 0.1) is 12.6 Å². The van der Waals surface area contributed by atoms with Gasteiger partial charge in [-0.3, -0.25) is 24.0 Å². The van der Waals surface area contributed by atoms with Gasteiger partial charge in [0.25, 0.3) is 0 Å². The molecule has 0 bridgehead atoms. The Hall–Kier alpha value is -5.23. The number of benzene rings is 3. The summed E-state index contributed by atoms with van der Waals surface area (Å²) >= 11 is 0. The van der Waals surface area contributed by atoms with E-state index < -0.39 is 60.8 Å². The number of nitrogens with two attached hydrogens (primary N) is 2. The van der Waals surface area contributed by atoms with Gasteiger partial charge < -0.3 is 37.4 Å². The average molecular weight is 589 g/mol. The molecule has 0 aliphatic carbocycles. The van der Waals surface area contributed by atoms with Gasteiger partial charge in [-0.2, -0.15) is 0 Å². The van der Waals surface area contributed by atoms with Crippen molar-refractivity contribution in [1.29, 1.82) is 0 Å². The Kier molecular flexibility index (Phi) is 11.8. The van der Waals surface area contributed by atoms with E-state index in [-0.39, 0.29) is 18.6 Å². The second-order valence-corrected chi connectivity index (χ2v) is 9.96. The number of phenolic OH excluding ortho intramolecular Hbond substituents is 1. The van der Waals surface area contributed by atoms with Crippen molar-refractivity contribution in [3.8, 4) is 5.75 Å². The first-order valence-corrected chi connectivity index (χ1v) is 13.6. The van der Waals surface area contributed by atoms with Crippen LogP contribution in [0.2, 0.25) is 0 Å². The van der Waals surface area contributed by atoms with Gasteiger partial charge in [-0.05, 0) is 48.7 Å². The van der Waals surface area contributed by atoms with E-state index in [9.17, 15) is 29.1 Å². The van der Waals surface area contributed by atoms with Gasteiger partial charge in [0.15, 0.2) is 0 Å². The molecule has 3 rings (SSSR count). The number of phenols is 1. The lowest BCUT2D eigenvalue weighted by Gasteiger charge is -2.27. The highest BCUT2D eigenvalue weighted by molar-refractivity contribution is 6.03. The van der Waals surface area contributed by atoms with Gasteiger partial charge in [-0.15, -0.1) is 0 Å². The van der Waals surface area contributed by atoms with Crippen molar-refractivity contribution in [3.63, 3.8) is 0 Å². The highest BCUT2D eigenvalue weighted by Crippen LogP contribution is 2.16. The number of aromatic hydroxyl groups is 1. The first kappa shape index (κ1) is 32.3. The molecule has 12 nitrogen and oxygen atoms in total. The number of para-hydroxylation sites is 1. The second-order valence-electron chi connectivity index (χ2n) is 9.96. The summed E-state index contributed by atoms with van der Waals surface area (Å²) < 4.78 is 0. The molecule has 5 amide bonds. The van der Waals surface area contributed by atoms with E-state index in [2.05, 4.69) is 16.0 Å². The van der Waals surface area contributed by atoms with Gasteiger partial charge in [0.2, 0.25) is 29.5 Å². The summed E-state index contributed by atoms with van der Waals surface area (Å²) in [5.41, 5.74) is 13.3. The number of hydrogen-bond acceptors (Lipinski definition) is 7. The number of amides is 5. The third-order valence-electron chi connectivity index (χ3n) is 6.47. The first-order chi connectivity index (χ1) is 20.5. The molecule has 0 heterocycles. The third kappa shape index (κ3) is 10.3. The summed E-state index contributed by atoms with van der Waals surface area (Å²) in [6.07, 6.45) is 0.308. The van der Waals surface area contributed by atoms with Gasteiger partial charge in [-0.1, -0.05) is 60.7 Å². The Balaban J connectivity index is 1.61. The van der Waals surface area contributed by atoms with Crippen LogP contribution in [0.15, 0.2) is 84.9 Å². The SMILES string of the molecule is C[C@@H](NC(=O)[C@@H](N)Cc1ccc(O)cc1)C(=O)NCC(=O)N[C@@H](Cc1ccccc1)C(=O)N(CC(N)=O)c1ccccc1. The highest BCUT2D eigenvalue weighted by Gasteiger charge is 2.29. The molecule has 0 unspecified atom stereocenters. The number of hydrogen-bond donors (Lipinski definition) is 6. The van der Waals surface area contributed by atoms with Crippen LogP contribution in [0.3, 0.4) is 0 Å². The zero-order valence-corrected chi connectivity index (χ0v) is 23.7. The van der Waals surface area contributed by atoms with E-state index in [0.29, 0.717) is 5.69 Å². The van der Waals surface area contributed by atoms with Crippen molar-refractivity contribution in [3.05, 3.63) is 96.1 Å². The molecular weight excluding hydrogens is 552 g/mol. The number of nitrogens with zero attached hydrogens (tertiary/aromatic N) is 1. The van der Waals surface area contributed by atoms with Crippen molar-refractivity contribution >= 4 is 35.2 Å². The van der Waals surface area contributed by atoms with E-state index in [4.69, 9.17) is 11.5 Å². The van der Waals surface area contributed by atoms with E-state index in [1.807, 2.05) is 6.07 Å². The van der Waals surface area contributed by atoms with Crippen LogP contribution in [0, 0.1) is 0 Å². The number of anilines is 1. The third-order valence-corrected chi connectivity index (χ3v) is 6.47. The van der Waals surface area contributed by atoms with Crippen molar-refractivity contribution < 1.29 is 29.1 Å². The molecule has 0 aromatic heterocycles. The maximum Gasteiger partial charge on any atom is 0.250 e. The maximum absolute atomic E-state index is 13.6. The molecule has 12 heteroatoms. The van der Waals surface area contributed by atoms with E-state index in [1.165, 1.54) is 24.0 Å². The smallest absolute Gasteiger partial charge is 0.250 e. The molecule has 0 fully saturated rings. The van der Waals surface area contributed by atoms with Crippen LogP contribution in [-0.4, -0.2) is 65.9 Å². The Bertz CT molecular complexity index is 1400. The molecule has 3 aromatic rings. The fraction of sp³-hybridized carbons (Fsp3) is 0.258. The van der Waals surface area contributed by atoms with Crippen LogP contribution in [0.25, 0.3) is 0 Å². The Morgan fingerprint density at radius 3 is 1.98 bits per heavy atom. The van der Waals surface area contributed by atoms with Gasteiger partial charge in [0.1, 0.15) is 24.4 Å². The number of carbonyl (C=O) groups is 5. The fourth-order valence-corrected chi connectivity index (χ4v) is 4.23. The summed E-state index contributed by atoms with van der Waals surface area (Å²) in [5, 5.41) is 17.0. The molecule has 3 atom stereocenters. The van der Waals surface area contributed by atoms with Crippen LogP contribution in [0.1, 0.15) is 18.1 Å². The summed E-state index contributed by atoms with van der Waals surface area (Å²) in [5.74, 6) is -3.05. The molecule has 0 saturated carbocycles. The van der Waals surface area contributed by atoms with Crippen LogP contribution < -0.4 is 32.3 Å². The monoisotopic (exact) mass is 588 g/mol. The number of nitrogens with one attached hydrogen (secondary N) is 3. The predicted octanol–water partition coefficient (Wildman–Crippen LogP) is 0.129. The molecule has 226 valence electrons. The van der Waals surface area contributed by atoms with Crippen LogP contribution >= 0.6 is 0 Å². The predicted molar refractivity (Wildman–Crippen MR) is 160 cm³/mol. The number of rotatable bonds is 14. The molecular formula is C31H36N6O6. The zero-order valence-electron chi connectivity index (χ0n) is 23.7. The van der Waals surface area contributed by atoms with Crippen molar-refractivity contribution in [1.82, 2.24) is 16.0 Å². The van der Waals surface area contributed by atoms with Crippen molar-refractivity contribution in [2.24, 2.45) is 11.5 Å². The lowest BCUT2D eigenvalue weighted by molar-refractivity contribution is -0.131. The van der Waals surface area contributed by atoms with Crippen molar-refractivity contribution in [2.75, 3.05) is 18.0 Å². The van der Waals surface area contributed by atoms with Gasteiger partial charge >= 0.3 is 0 Å². The molecule has 43 heavy (non-hydrogen) atoms. The Morgan fingerprint density at radius 1 is 0.791 bits per heavy atom. The lowest BCUT2D eigenvalue weighted by Crippen LogP contribution is -2.55. The van der Waals surface area contributed by atoms with Crippen molar-refractivity contribution in [2.45, 2.75) is 37.9 Å². The molecule has 0 aliphatic heterocycles.